The van der Waals surface area contributed by atoms with Crippen LogP contribution in [0.4, 0.5) is 0 Å². The standard InChI is InChI=1S/C20H25NO/c1-19(2)10-9-13-18(22)17(19)12-7-6-8-15-16(12)14(11-21(15)5)20(13,3)4/h6-8,11,13,17H,9-10H2,1-5H3/t13-,17-/m0/s1. The van der Waals surface area contributed by atoms with Gasteiger partial charge < -0.3 is 4.57 Å². The molecule has 2 aliphatic carbocycles. The molecule has 2 atom stereocenters. The van der Waals surface area contributed by atoms with E-state index < -0.39 is 0 Å². The van der Waals surface area contributed by atoms with E-state index in [1.54, 1.807) is 0 Å². The van der Waals surface area contributed by atoms with Crippen molar-refractivity contribution in [2.75, 3.05) is 0 Å². The maximum Gasteiger partial charge on any atom is 0.144 e. The fraction of sp³-hybridized carbons (Fsp3) is 0.550. The van der Waals surface area contributed by atoms with Gasteiger partial charge in [-0.15, -0.1) is 0 Å². The molecule has 0 aliphatic heterocycles. The van der Waals surface area contributed by atoms with Crippen molar-refractivity contribution in [1.29, 1.82) is 0 Å². The zero-order valence-electron chi connectivity index (χ0n) is 14.2. The highest BCUT2D eigenvalue weighted by atomic mass is 16.1. The minimum Gasteiger partial charge on any atom is -0.350 e. The third kappa shape index (κ3) is 1.53. The van der Waals surface area contributed by atoms with Crippen LogP contribution in [0.1, 0.15) is 57.6 Å². The average Bonchev–Trinajstić information content (AvgIpc) is 2.74. The van der Waals surface area contributed by atoms with Gasteiger partial charge >= 0.3 is 0 Å². The van der Waals surface area contributed by atoms with Crippen LogP contribution in [0.25, 0.3) is 10.9 Å². The number of carbonyl (C=O) groups is 1. The SMILES string of the molecule is Cn1cc2c3c(cccc31)[C@H]1C(=O)[C@H](CCC1(C)C)C2(C)C. The van der Waals surface area contributed by atoms with E-state index in [9.17, 15) is 4.79 Å². The number of hydrogen-bond acceptors (Lipinski definition) is 1. The third-order valence-corrected chi connectivity index (χ3v) is 6.41. The van der Waals surface area contributed by atoms with E-state index in [0.29, 0.717) is 5.78 Å². The Balaban J connectivity index is 2.16. The molecular weight excluding hydrogens is 270 g/mol. The lowest BCUT2D eigenvalue weighted by Crippen LogP contribution is -2.44. The first-order valence-corrected chi connectivity index (χ1v) is 8.37. The van der Waals surface area contributed by atoms with E-state index in [4.69, 9.17) is 0 Å². The number of ketones is 1. The van der Waals surface area contributed by atoms with Crippen molar-refractivity contribution in [2.24, 2.45) is 18.4 Å². The fourth-order valence-corrected chi connectivity index (χ4v) is 5.07. The largest absolute Gasteiger partial charge is 0.350 e. The van der Waals surface area contributed by atoms with Crippen LogP contribution in [0.5, 0.6) is 0 Å². The van der Waals surface area contributed by atoms with Crippen LogP contribution in [0.3, 0.4) is 0 Å². The molecule has 0 radical (unpaired) electrons. The normalized spacial score (nSPS) is 28.7. The second-order valence-corrected chi connectivity index (χ2v) is 8.53. The highest BCUT2D eigenvalue weighted by Gasteiger charge is 2.52. The van der Waals surface area contributed by atoms with Gasteiger partial charge in [0.25, 0.3) is 0 Å². The molecule has 0 spiro atoms. The summed E-state index contributed by atoms with van der Waals surface area (Å²) >= 11 is 0. The number of carbonyl (C=O) groups excluding carboxylic acids is 1. The van der Waals surface area contributed by atoms with Crippen LogP contribution < -0.4 is 0 Å². The molecule has 0 unspecified atom stereocenters. The molecule has 2 heteroatoms. The van der Waals surface area contributed by atoms with E-state index in [-0.39, 0.29) is 22.7 Å². The molecule has 4 rings (SSSR count). The summed E-state index contributed by atoms with van der Waals surface area (Å²) in [5.74, 6) is 0.647. The fourth-order valence-electron chi connectivity index (χ4n) is 5.07. The van der Waals surface area contributed by atoms with Crippen LogP contribution in [0.2, 0.25) is 0 Å². The second-order valence-electron chi connectivity index (χ2n) is 8.53. The zero-order chi connectivity index (χ0) is 15.9. The number of hydrogen-bond donors (Lipinski definition) is 0. The maximum atomic E-state index is 13.3. The molecule has 1 saturated carbocycles. The molecule has 0 amide bonds. The second kappa shape index (κ2) is 4.04. The van der Waals surface area contributed by atoms with Gasteiger partial charge in [0.05, 0.1) is 0 Å². The average molecular weight is 295 g/mol. The summed E-state index contributed by atoms with van der Waals surface area (Å²) in [6.45, 7) is 9.07. The molecule has 2 nitrogen and oxygen atoms in total. The van der Waals surface area contributed by atoms with Crippen molar-refractivity contribution in [3.05, 3.63) is 35.5 Å². The maximum absolute atomic E-state index is 13.3. The van der Waals surface area contributed by atoms with Crippen LogP contribution >= 0.6 is 0 Å². The van der Waals surface area contributed by atoms with Gasteiger partial charge in [-0.3, -0.25) is 4.79 Å². The summed E-state index contributed by atoms with van der Waals surface area (Å²) in [7, 11) is 2.12. The highest BCUT2D eigenvalue weighted by Crippen LogP contribution is 2.56. The summed E-state index contributed by atoms with van der Waals surface area (Å²) < 4.78 is 2.23. The van der Waals surface area contributed by atoms with Crippen molar-refractivity contribution in [2.45, 2.75) is 51.9 Å². The van der Waals surface area contributed by atoms with Crippen LogP contribution in [-0.4, -0.2) is 10.4 Å². The van der Waals surface area contributed by atoms with E-state index in [1.165, 1.54) is 22.0 Å². The lowest BCUT2D eigenvalue weighted by atomic mass is 9.58. The zero-order valence-corrected chi connectivity index (χ0v) is 14.2. The van der Waals surface area contributed by atoms with Gasteiger partial charge in [-0.05, 0) is 35.4 Å². The van der Waals surface area contributed by atoms with Gasteiger partial charge in [-0.1, -0.05) is 39.8 Å². The van der Waals surface area contributed by atoms with E-state index in [0.717, 1.165) is 12.8 Å². The summed E-state index contributed by atoms with van der Waals surface area (Å²) in [6, 6.07) is 6.50. The van der Waals surface area contributed by atoms with E-state index in [2.05, 4.69) is 63.7 Å². The molecule has 22 heavy (non-hydrogen) atoms. The Morgan fingerprint density at radius 2 is 1.91 bits per heavy atom. The van der Waals surface area contributed by atoms with Gasteiger partial charge in [0.2, 0.25) is 0 Å². The summed E-state index contributed by atoms with van der Waals surface area (Å²) in [5, 5.41) is 1.34. The lowest BCUT2D eigenvalue weighted by Gasteiger charge is -2.44. The van der Waals surface area contributed by atoms with Crippen molar-refractivity contribution in [3.8, 4) is 0 Å². The summed E-state index contributed by atoms with van der Waals surface area (Å²) in [4.78, 5) is 13.3. The number of aryl methyl sites for hydroxylation is 1. The third-order valence-electron chi connectivity index (χ3n) is 6.41. The molecule has 1 heterocycles. The Kier molecular flexibility index (Phi) is 2.58. The lowest BCUT2D eigenvalue weighted by molar-refractivity contribution is -0.132. The summed E-state index contributed by atoms with van der Waals surface area (Å²) in [6.07, 6.45) is 4.40. The minimum absolute atomic E-state index is 0.0397. The molecule has 1 aromatic heterocycles. The number of benzene rings is 1. The molecular formula is C20H25NO. The Morgan fingerprint density at radius 1 is 1.18 bits per heavy atom. The first-order valence-electron chi connectivity index (χ1n) is 8.37. The quantitative estimate of drug-likeness (QED) is 0.698. The molecule has 1 fully saturated rings. The first-order chi connectivity index (χ1) is 10.2. The first kappa shape index (κ1) is 14.0. The molecule has 0 saturated heterocycles. The minimum atomic E-state index is -0.0854. The Morgan fingerprint density at radius 3 is 2.64 bits per heavy atom. The monoisotopic (exact) mass is 295 g/mol. The summed E-state index contributed by atoms with van der Waals surface area (Å²) in [5.41, 5.74) is 3.85. The molecule has 2 bridgehead atoms. The molecule has 2 aromatic rings. The van der Waals surface area contributed by atoms with E-state index >= 15 is 0 Å². The van der Waals surface area contributed by atoms with Crippen LogP contribution in [0, 0.1) is 11.3 Å². The van der Waals surface area contributed by atoms with Gasteiger partial charge in [-0.2, -0.15) is 0 Å². The van der Waals surface area contributed by atoms with Gasteiger partial charge in [0.15, 0.2) is 0 Å². The van der Waals surface area contributed by atoms with Crippen molar-refractivity contribution >= 4 is 16.7 Å². The molecule has 2 aliphatic rings. The predicted octanol–water partition coefficient (Wildman–Crippen LogP) is 4.56. The number of nitrogens with zero attached hydrogens (tertiary/aromatic N) is 1. The van der Waals surface area contributed by atoms with Crippen LogP contribution in [0.15, 0.2) is 24.4 Å². The number of rotatable bonds is 0. The van der Waals surface area contributed by atoms with E-state index in [1.807, 2.05) is 0 Å². The van der Waals surface area contributed by atoms with Crippen molar-refractivity contribution < 1.29 is 4.79 Å². The van der Waals surface area contributed by atoms with Gasteiger partial charge in [-0.25, -0.2) is 0 Å². The smallest absolute Gasteiger partial charge is 0.144 e. The van der Waals surface area contributed by atoms with Crippen molar-refractivity contribution in [3.63, 3.8) is 0 Å². The topological polar surface area (TPSA) is 22.0 Å². The van der Waals surface area contributed by atoms with Gasteiger partial charge in [0.1, 0.15) is 5.78 Å². The number of fused-ring (bicyclic) bond motifs is 3. The highest BCUT2D eigenvalue weighted by molar-refractivity contribution is 6.00. The Hall–Kier alpha value is -1.57. The van der Waals surface area contributed by atoms with Crippen molar-refractivity contribution in [1.82, 2.24) is 4.57 Å². The predicted molar refractivity (Wildman–Crippen MR) is 90.2 cm³/mol. The number of Topliss-reactive ketones (excluding diaryl/α,β-unsaturated/α-hetero) is 1. The molecule has 116 valence electrons. The Labute approximate surface area is 132 Å². The number of aromatic nitrogens is 1. The van der Waals surface area contributed by atoms with Gasteiger partial charge in [0, 0.05) is 41.4 Å². The van der Waals surface area contributed by atoms with Crippen LogP contribution in [-0.2, 0) is 17.3 Å². The Bertz CT molecular complexity index is 793. The molecule has 0 N–H and O–H groups in total. The molecule has 1 aromatic carbocycles.